The Labute approximate surface area is 244 Å². The third-order valence-corrected chi connectivity index (χ3v) is 7.02. The number of amides is 1. The highest BCUT2D eigenvalue weighted by Gasteiger charge is 2.19. The fraction of sp³-hybridized carbons (Fsp3) is 0.364. The fourth-order valence-corrected chi connectivity index (χ4v) is 4.50. The minimum Gasteiger partial charge on any atom is -0.306 e. The Hall–Kier alpha value is -2.26. The quantitative estimate of drug-likeness (QED) is 0.136. The van der Waals surface area contributed by atoms with E-state index in [1.165, 1.54) is 25.7 Å². The molecule has 0 aliphatic carbocycles. The van der Waals surface area contributed by atoms with Crippen molar-refractivity contribution in [3.05, 3.63) is 112 Å². The van der Waals surface area contributed by atoms with E-state index >= 15 is 0 Å². The molecular formula is C33H40Cl3NO. The number of carbonyl (C=O) groups is 1. The number of halogens is 3. The van der Waals surface area contributed by atoms with Crippen molar-refractivity contribution in [2.24, 2.45) is 0 Å². The molecule has 204 valence electrons. The maximum absolute atomic E-state index is 13.2. The molecule has 0 heterocycles. The predicted molar refractivity (Wildman–Crippen MR) is 168 cm³/mol. The summed E-state index contributed by atoms with van der Waals surface area (Å²) in [5.74, 6) is 0.00466. The van der Waals surface area contributed by atoms with Gasteiger partial charge in [0.1, 0.15) is 0 Å². The molecule has 0 spiro atoms. The van der Waals surface area contributed by atoms with Crippen LogP contribution in [0.5, 0.6) is 0 Å². The van der Waals surface area contributed by atoms with Crippen molar-refractivity contribution in [3.63, 3.8) is 0 Å². The SMILES string of the molecule is CCCCC/C=C/C/C=C\C/C=C\C/C=C\CCCC(=O)N(Cc1cccc(Cl)c1)c1cccc(Cl)c1Cl. The molecule has 0 radical (unpaired) electrons. The molecule has 0 aliphatic rings. The molecule has 2 rings (SSSR count). The van der Waals surface area contributed by atoms with E-state index in [0.717, 1.165) is 37.7 Å². The van der Waals surface area contributed by atoms with Gasteiger partial charge in [-0.15, -0.1) is 0 Å². The monoisotopic (exact) mass is 571 g/mol. The lowest BCUT2D eigenvalue weighted by atomic mass is 10.1. The molecule has 0 unspecified atom stereocenters. The lowest BCUT2D eigenvalue weighted by Gasteiger charge is -2.24. The number of unbranched alkanes of at least 4 members (excludes halogenated alkanes) is 4. The maximum Gasteiger partial charge on any atom is 0.227 e. The maximum atomic E-state index is 13.2. The number of anilines is 1. The molecule has 5 heteroatoms. The third kappa shape index (κ3) is 13.0. The van der Waals surface area contributed by atoms with Gasteiger partial charge in [0.05, 0.1) is 22.3 Å². The van der Waals surface area contributed by atoms with Crippen LogP contribution in [0.4, 0.5) is 5.69 Å². The average Bonchev–Trinajstić information content (AvgIpc) is 2.91. The summed E-state index contributed by atoms with van der Waals surface area (Å²) in [7, 11) is 0. The van der Waals surface area contributed by atoms with Gasteiger partial charge in [0.15, 0.2) is 0 Å². The van der Waals surface area contributed by atoms with Gasteiger partial charge in [0.25, 0.3) is 0 Å². The zero-order chi connectivity index (χ0) is 27.4. The first-order valence-electron chi connectivity index (χ1n) is 13.6. The summed E-state index contributed by atoms with van der Waals surface area (Å²) in [6, 6.07) is 12.9. The van der Waals surface area contributed by atoms with Crippen molar-refractivity contribution in [1.82, 2.24) is 0 Å². The zero-order valence-corrected chi connectivity index (χ0v) is 24.7. The molecule has 0 fully saturated rings. The summed E-state index contributed by atoms with van der Waals surface area (Å²) in [4.78, 5) is 14.9. The number of hydrogen-bond donors (Lipinski definition) is 0. The number of nitrogens with zero attached hydrogens (tertiary/aromatic N) is 1. The van der Waals surface area contributed by atoms with Gasteiger partial charge in [-0.05, 0) is 74.8 Å². The summed E-state index contributed by atoms with van der Waals surface area (Å²) < 4.78 is 0. The Morgan fingerprint density at radius 1 is 0.763 bits per heavy atom. The van der Waals surface area contributed by atoms with Crippen molar-refractivity contribution in [2.45, 2.75) is 77.7 Å². The molecule has 2 aromatic carbocycles. The molecule has 0 aliphatic heterocycles. The smallest absolute Gasteiger partial charge is 0.227 e. The number of carbonyl (C=O) groups excluding carboxylic acids is 1. The number of allylic oxidation sites excluding steroid dienone is 8. The summed E-state index contributed by atoms with van der Waals surface area (Å²) in [6.07, 6.45) is 27.6. The van der Waals surface area contributed by atoms with Crippen LogP contribution in [-0.2, 0) is 11.3 Å². The van der Waals surface area contributed by atoms with Crippen LogP contribution in [0.15, 0.2) is 91.1 Å². The highest BCUT2D eigenvalue weighted by atomic mass is 35.5. The van der Waals surface area contributed by atoms with E-state index < -0.39 is 0 Å². The molecule has 0 saturated heterocycles. The second kappa shape index (κ2) is 19.8. The summed E-state index contributed by atoms with van der Waals surface area (Å²) in [5.41, 5.74) is 1.55. The largest absolute Gasteiger partial charge is 0.306 e. The van der Waals surface area contributed by atoms with Crippen LogP contribution in [0, 0.1) is 0 Å². The van der Waals surface area contributed by atoms with Gasteiger partial charge < -0.3 is 4.90 Å². The topological polar surface area (TPSA) is 20.3 Å². The van der Waals surface area contributed by atoms with E-state index in [2.05, 4.69) is 55.5 Å². The van der Waals surface area contributed by atoms with Gasteiger partial charge in [-0.1, -0.05) is 121 Å². The van der Waals surface area contributed by atoms with Gasteiger partial charge in [0, 0.05) is 11.4 Å². The third-order valence-electron chi connectivity index (χ3n) is 5.97. The lowest BCUT2D eigenvalue weighted by Crippen LogP contribution is -2.30. The van der Waals surface area contributed by atoms with E-state index in [1.807, 2.05) is 30.3 Å². The first kappa shape index (κ1) is 32.0. The molecule has 0 bridgehead atoms. The fourth-order valence-electron chi connectivity index (χ4n) is 3.89. The summed E-state index contributed by atoms with van der Waals surface area (Å²) in [6.45, 7) is 2.61. The molecule has 0 saturated carbocycles. The van der Waals surface area contributed by atoms with E-state index in [0.29, 0.717) is 33.7 Å². The van der Waals surface area contributed by atoms with Crippen LogP contribution in [0.1, 0.15) is 76.7 Å². The first-order valence-corrected chi connectivity index (χ1v) is 14.7. The molecule has 2 nitrogen and oxygen atoms in total. The number of hydrogen-bond acceptors (Lipinski definition) is 1. The molecule has 1 amide bonds. The second-order valence-corrected chi connectivity index (χ2v) is 10.4. The Bertz CT molecular complexity index is 1090. The Balaban J connectivity index is 1.74. The predicted octanol–water partition coefficient (Wildman–Crippen LogP) is 11.3. The van der Waals surface area contributed by atoms with Crippen molar-refractivity contribution in [2.75, 3.05) is 4.90 Å². The van der Waals surface area contributed by atoms with Crippen LogP contribution in [0.2, 0.25) is 15.1 Å². The van der Waals surface area contributed by atoms with Crippen LogP contribution < -0.4 is 4.90 Å². The molecule has 38 heavy (non-hydrogen) atoms. The van der Waals surface area contributed by atoms with E-state index in [9.17, 15) is 4.79 Å². The highest BCUT2D eigenvalue weighted by Crippen LogP contribution is 2.34. The Morgan fingerprint density at radius 2 is 1.37 bits per heavy atom. The van der Waals surface area contributed by atoms with Crippen LogP contribution in [0.25, 0.3) is 0 Å². The van der Waals surface area contributed by atoms with Crippen molar-refractivity contribution in [3.8, 4) is 0 Å². The standard InChI is InChI=1S/C33H40Cl3NO/c1-2-3-4-5-6-7-8-9-10-11-12-13-14-15-16-17-18-25-32(38)37(27-28-21-19-22-29(34)26-28)31-24-20-23-30(35)33(31)36/h6-7,9-10,12-13,15-16,19-24,26H,2-5,8,11,14,17-18,25,27H2,1H3/b7-6+,10-9-,13-12-,16-15-. The van der Waals surface area contributed by atoms with Crippen LogP contribution in [-0.4, -0.2) is 5.91 Å². The van der Waals surface area contributed by atoms with Gasteiger partial charge in [-0.25, -0.2) is 0 Å². The van der Waals surface area contributed by atoms with Crippen LogP contribution >= 0.6 is 34.8 Å². The first-order chi connectivity index (χ1) is 18.5. The molecule has 0 N–H and O–H groups in total. The Kier molecular flexibility index (Phi) is 16.6. The Morgan fingerprint density at radius 3 is 2.00 bits per heavy atom. The van der Waals surface area contributed by atoms with Gasteiger partial charge >= 0.3 is 0 Å². The normalized spacial score (nSPS) is 12.0. The number of rotatable bonds is 17. The highest BCUT2D eigenvalue weighted by molar-refractivity contribution is 6.44. The molecule has 0 atom stereocenters. The van der Waals surface area contributed by atoms with E-state index in [4.69, 9.17) is 34.8 Å². The van der Waals surface area contributed by atoms with Crippen LogP contribution in [0.3, 0.4) is 0 Å². The lowest BCUT2D eigenvalue weighted by molar-refractivity contribution is -0.118. The minimum absolute atomic E-state index is 0.00466. The van der Waals surface area contributed by atoms with Crippen molar-refractivity contribution < 1.29 is 4.79 Å². The minimum atomic E-state index is 0.00466. The average molecular weight is 573 g/mol. The summed E-state index contributed by atoms with van der Waals surface area (Å²) >= 11 is 18.9. The van der Waals surface area contributed by atoms with Gasteiger partial charge in [-0.3, -0.25) is 4.79 Å². The van der Waals surface area contributed by atoms with Gasteiger partial charge in [-0.2, -0.15) is 0 Å². The molecular weight excluding hydrogens is 533 g/mol. The summed E-state index contributed by atoms with van der Waals surface area (Å²) in [5, 5.41) is 1.44. The molecule has 0 aromatic heterocycles. The number of benzene rings is 2. The van der Waals surface area contributed by atoms with E-state index in [-0.39, 0.29) is 5.91 Å². The van der Waals surface area contributed by atoms with Gasteiger partial charge in [0.2, 0.25) is 5.91 Å². The molecule has 2 aromatic rings. The van der Waals surface area contributed by atoms with E-state index in [1.54, 1.807) is 17.0 Å². The second-order valence-electron chi connectivity index (χ2n) is 9.16. The van der Waals surface area contributed by atoms with Crippen molar-refractivity contribution >= 4 is 46.4 Å². The van der Waals surface area contributed by atoms with Crippen molar-refractivity contribution in [1.29, 1.82) is 0 Å². The zero-order valence-electron chi connectivity index (χ0n) is 22.4.